The van der Waals surface area contributed by atoms with Crippen molar-refractivity contribution in [1.29, 1.82) is 0 Å². The minimum Gasteiger partial charge on any atom is -0.519 e. The van der Waals surface area contributed by atoms with Crippen LogP contribution in [0.15, 0.2) is 48.8 Å². The zero-order valence-corrected chi connectivity index (χ0v) is 14.4. The molecule has 0 aliphatic rings. The summed E-state index contributed by atoms with van der Waals surface area (Å²) < 4.78 is 28.0. The van der Waals surface area contributed by atoms with Crippen LogP contribution in [0.4, 0.5) is 8.78 Å². The van der Waals surface area contributed by atoms with E-state index in [2.05, 4.69) is 16.0 Å². The Balaban J connectivity index is 0.00000208. The maximum absolute atomic E-state index is 14.3. The number of nitrogens with zero attached hydrogens (tertiary/aromatic N) is 2. The summed E-state index contributed by atoms with van der Waals surface area (Å²) in [6, 6.07) is 10.8. The van der Waals surface area contributed by atoms with Crippen LogP contribution in [0.2, 0.25) is 0 Å². The van der Waals surface area contributed by atoms with Gasteiger partial charge in [0.25, 0.3) is 5.97 Å². The summed E-state index contributed by atoms with van der Waals surface area (Å²) in [5, 5.41) is 9.00. The third kappa shape index (κ3) is 3.53. The van der Waals surface area contributed by atoms with Gasteiger partial charge in [-0.3, -0.25) is 9.97 Å². The van der Waals surface area contributed by atoms with Crippen LogP contribution >= 0.6 is 0 Å². The van der Waals surface area contributed by atoms with E-state index < -0.39 is 17.6 Å². The predicted molar refractivity (Wildman–Crippen MR) is 78.6 cm³/mol. The van der Waals surface area contributed by atoms with Crippen molar-refractivity contribution in [3.63, 3.8) is 0 Å². The number of aromatic nitrogens is 2. The Morgan fingerprint density at radius 2 is 1.88 bits per heavy atom. The van der Waals surface area contributed by atoms with Crippen LogP contribution in [-0.2, 0) is 20.1 Å². The summed E-state index contributed by atoms with van der Waals surface area (Å²) in [6.45, 7) is 0. The number of aromatic carboxylic acids is 1. The van der Waals surface area contributed by atoms with E-state index in [9.17, 15) is 13.6 Å². The van der Waals surface area contributed by atoms with Gasteiger partial charge >= 0.3 is 0 Å². The van der Waals surface area contributed by atoms with Gasteiger partial charge in [0.15, 0.2) is 0 Å². The number of halogens is 2. The van der Waals surface area contributed by atoms with Gasteiger partial charge in [-0.1, -0.05) is 17.7 Å². The minimum absolute atomic E-state index is 0. The van der Waals surface area contributed by atoms with E-state index in [1.54, 1.807) is 18.2 Å². The zero-order valence-electron chi connectivity index (χ0n) is 12.0. The average molecular weight is 503 g/mol. The van der Waals surface area contributed by atoms with Crippen molar-refractivity contribution in [2.75, 3.05) is 0 Å². The van der Waals surface area contributed by atoms with Crippen molar-refractivity contribution >= 4 is 5.97 Å². The molecule has 0 unspecified atom stereocenters. The molecule has 1 radical (unpaired) electrons. The summed E-state index contributed by atoms with van der Waals surface area (Å²) in [5.41, 5.74) is 0.426. The molecule has 0 amide bonds. The van der Waals surface area contributed by atoms with Crippen molar-refractivity contribution < 1.29 is 38.8 Å². The molecule has 3 rings (SSSR count). The second-order valence-corrected chi connectivity index (χ2v) is 4.66. The minimum atomic E-state index is -1.27. The molecule has 4 nitrogen and oxygen atoms in total. The fourth-order valence-corrected chi connectivity index (χ4v) is 2.21. The van der Waals surface area contributed by atoms with Crippen LogP contribution < -0.4 is 0 Å². The summed E-state index contributed by atoms with van der Waals surface area (Å²) in [4.78, 5) is 18.7. The third-order valence-electron chi connectivity index (χ3n) is 3.17. The monoisotopic (exact) mass is 504 g/mol. The van der Waals surface area contributed by atoms with Crippen LogP contribution in [0.3, 0.4) is 0 Å². The van der Waals surface area contributed by atoms with Crippen molar-refractivity contribution in [1.82, 2.24) is 9.97 Å². The van der Waals surface area contributed by atoms with Gasteiger partial charge in [-0.05, 0) is 18.3 Å². The van der Waals surface area contributed by atoms with Crippen LogP contribution in [0.5, 0.6) is 0 Å². The molecule has 1 aromatic carbocycles. The molecule has 7 heteroatoms. The van der Waals surface area contributed by atoms with E-state index >= 15 is 0 Å². The first-order valence-corrected chi connectivity index (χ1v) is 6.58. The molecule has 0 saturated heterocycles. The maximum Gasteiger partial charge on any atom is 0.275 e. The molecule has 1 N–H and O–H groups in total. The summed E-state index contributed by atoms with van der Waals surface area (Å²) in [6.07, 6.45) is 2.74. The molecule has 0 spiro atoms. The van der Waals surface area contributed by atoms with Gasteiger partial charge in [-0.2, -0.15) is 0 Å². The van der Waals surface area contributed by atoms with Crippen molar-refractivity contribution in [2.45, 2.75) is 0 Å². The topological polar surface area (TPSA) is 63.1 Å². The Hall–Kier alpha value is -2.50. The maximum atomic E-state index is 14.3. The quantitative estimate of drug-likeness (QED) is 0.555. The standard InChI is InChI=1S/C17H9F2N2O2.Ir/c18-11-8-12(10-4-6-21-15(7-10)17(22)23)16(13(19)9-11)14-3-1-2-5-20-14;/h1-6,8-9H,(H,22,23);/q-1;. The molecule has 3 aromatic rings. The number of carboxylic acids is 1. The number of carbonyl (C=O) groups is 1. The van der Waals surface area contributed by atoms with Gasteiger partial charge in [0.2, 0.25) is 0 Å². The van der Waals surface area contributed by atoms with Crippen LogP contribution in [0.25, 0.3) is 22.4 Å². The third-order valence-corrected chi connectivity index (χ3v) is 3.17. The number of benzene rings is 1. The largest absolute Gasteiger partial charge is 0.519 e. The fraction of sp³-hybridized carbons (Fsp3) is 0. The average Bonchev–Trinajstić information content (AvgIpc) is 2.55. The molecule has 0 aliphatic carbocycles. The summed E-state index contributed by atoms with van der Waals surface area (Å²) in [5.74, 6) is -2.84. The van der Waals surface area contributed by atoms with Gasteiger partial charge < -0.3 is 9.90 Å². The van der Waals surface area contributed by atoms with Gasteiger partial charge in [0, 0.05) is 37.9 Å². The Kier molecular flexibility index (Phi) is 5.49. The first-order chi connectivity index (χ1) is 11.1. The van der Waals surface area contributed by atoms with Gasteiger partial charge in [0.1, 0.15) is 11.6 Å². The fourth-order valence-electron chi connectivity index (χ4n) is 2.21. The number of hydrogen-bond acceptors (Lipinski definition) is 3. The number of rotatable bonds is 3. The molecule has 24 heavy (non-hydrogen) atoms. The number of hydrogen-bond donors (Lipinski definition) is 1. The summed E-state index contributed by atoms with van der Waals surface area (Å²) in [7, 11) is 0. The van der Waals surface area contributed by atoms with E-state index in [-0.39, 0.29) is 42.5 Å². The Morgan fingerprint density at radius 1 is 1.08 bits per heavy atom. The van der Waals surface area contributed by atoms with E-state index in [1.165, 1.54) is 18.5 Å². The predicted octanol–water partition coefficient (Wildman–Crippen LogP) is 3.58. The van der Waals surface area contributed by atoms with E-state index in [4.69, 9.17) is 5.11 Å². The Labute approximate surface area is 149 Å². The van der Waals surface area contributed by atoms with Crippen LogP contribution in [0, 0.1) is 17.7 Å². The zero-order chi connectivity index (χ0) is 16.4. The molecule has 0 fully saturated rings. The van der Waals surface area contributed by atoms with Crippen molar-refractivity contribution in [3.05, 3.63) is 72.2 Å². The molecule has 2 aromatic heterocycles. The Bertz CT molecular complexity index is 889. The van der Waals surface area contributed by atoms with Crippen LogP contribution in [0.1, 0.15) is 10.5 Å². The molecule has 2 heterocycles. The van der Waals surface area contributed by atoms with E-state index in [1.807, 2.05) is 0 Å². The molecule has 0 atom stereocenters. The first-order valence-electron chi connectivity index (χ1n) is 6.58. The van der Waals surface area contributed by atoms with Gasteiger partial charge in [-0.25, -0.2) is 8.78 Å². The normalized spacial score (nSPS) is 10.1. The van der Waals surface area contributed by atoms with Crippen molar-refractivity contribution in [3.8, 4) is 22.4 Å². The molecule has 123 valence electrons. The molecular weight excluding hydrogens is 494 g/mol. The number of carboxylic acid groups (broad SMARTS) is 1. The molecular formula is C17H9F2IrN2O2-. The Morgan fingerprint density at radius 3 is 2.54 bits per heavy atom. The second kappa shape index (κ2) is 7.38. The first kappa shape index (κ1) is 17.8. The van der Waals surface area contributed by atoms with Gasteiger partial charge in [-0.15, -0.1) is 17.7 Å². The smallest absolute Gasteiger partial charge is 0.275 e. The number of pyridine rings is 2. The molecule has 0 bridgehead atoms. The van der Waals surface area contributed by atoms with Gasteiger partial charge in [0.05, 0.1) is 11.4 Å². The van der Waals surface area contributed by atoms with Crippen molar-refractivity contribution in [2.24, 2.45) is 0 Å². The van der Waals surface area contributed by atoms with Crippen LogP contribution in [-0.4, -0.2) is 21.0 Å². The summed E-state index contributed by atoms with van der Waals surface area (Å²) >= 11 is 0. The molecule has 0 saturated carbocycles. The molecule has 0 aliphatic heterocycles. The SMILES string of the molecule is O=C(O)c1[c-]c(-c2cc(F)cc(F)c2-c2ccccn2)ccn1.[Ir]. The van der Waals surface area contributed by atoms with E-state index in [0.29, 0.717) is 5.69 Å². The second-order valence-electron chi connectivity index (χ2n) is 4.66. The van der Waals surface area contributed by atoms with E-state index in [0.717, 1.165) is 12.1 Å².